The van der Waals surface area contributed by atoms with Gasteiger partial charge in [0.05, 0.1) is 6.21 Å². The number of hydrazone groups is 1. The molecule has 2 heterocycles. The average Bonchev–Trinajstić information content (AvgIpc) is 3.38. The molecule has 0 unspecified atom stereocenters. The number of nitrogens with one attached hydrogen (secondary N) is 1. The van der Waals surface area contributed by atoms with Gasteiger partial charge < -0.3 is 13.6 Å². The van der Waals surface area contributed by atoms with Crippen molar-refractivity contribution in [3.63, 3.8) is 0 Å². The fourth-order valence-electron chi connectivity index (χ4n) is 2.98. The lowest BCUT2D eigenvalue weighted by Crippen LogP contribution is -2.16. The van der Waals surface area contributed by atoms with E-state index in [2.05, 4.69) is 10.5 Å². The molecule has 29 heavy (non-hydrogen) atoms. The second kappa shape index (κ2) is 8.48. The minimum Gasteiger partial charge on any atom is -0.486 e. The monoisotopic (exact) mass is 388 g/mol. The van der Waals surface area contributed by atoms with Crippen molar-refractivity contribution >= 4 is 23.1 Å². The largest absolute Gasteiger partial charge is 0.486 e. The van der Waals surface area contributed by atoms with Gasteiger partial charge in [0.25, 0.3) is 0 Å². The van der Waals surface area contributed by atoms with Crippen molar-refractivity contribution in [3.8, 4) is 5.75 Å². The number of aryl methyl sites for hydroxylation is 1. The number of furan rings is 2. The summed E-state index contributed by atoms with van der Waals surface area (Å²) in [6.45, 7) is 2.25. The van der Waals surface area contributed by atoms with E-state index < -0.39 is 5.91 Å². The maximum Gasteiger partial charge on any atom is 0.307 e. The first-order valence-corrected chi connectivity index (χ1v) is 9.35. The zero-order valence-electron chi connectivity index (χ0n) is 15.9. The maximum absolute atomic E-state index is 12.3. The number of fused-ring (bicyclic) bond motifs is 1. The molecule has 0 atom stereocenters. The molecule has 0 fully saturated rings. The van der Waals surface area contributed by atoms with E-state index in [1.54, 1.807) is 18.3 Å². The van der Waals surface area contributed by atoms with Gasteiger partial charge in [-0.15, -0.1) is 0 Å². The molecular formula is C23H20N2O4. The molecule has 0 radical (unpaired) electrons. The summed E-state index contributed by atoms with van der Waals surface area (Å²) in [5.41, 5.74) is 4.15. The highest BCUT2D eigenvalue weighted by Gasteiger charge is 2.13. The van der Waals surface area contributed by atoms with E-state index in [0.29, 0.717) is 5.76 Å². The molecule has 4 aromatic rings. The van der Waals surface area contributed by atoms with E-state index in [0.717, 1.165) is 34.5 Å². The summed E-state index contributed by atoms with van der Waals surface area (Å²) in [5.74, 6) is 1.85. The van der Waals surface area contributed by atoms with Crippen LogP contribution in [-0.2, 0) is 13.0 Å². The number of carbonyl (C=O) groups excluding carboxylic acids is 1. The fraction of sp³-hybridized carbons (Fsp3) is 0.130. The van der Waals surface area contributed by atoms with Gasteiger partial charge in [-0.05, 0) is 30.3 Å². The molecule has 0 bridgehead atoms. The summed E-state index contributed by atoms with van der Waals surface area (Å²) in [6.07, 6.45) is 2.33. The van der Waals surface area contributed by atoms with Gasteiger partial charge in [0, 0.05) is 17.4 Å². The van der Waals surface area contributed by atoms with Crippen molar-refractivity contribution in [3.05, 3.63) is 89.6 Å². The third kappa shape index (κ3) is 4.21. The predicted molar refractivity (Wildman–Crippen MR) is 110 cm³/mol. The molecule has 6 heteroatoms. The summed E-state index contributed by atoms with van der Waals surface area (Å²) in [7, 11) is 0. The Labute approximate surface area is 167 Å². The predicted octanol–water partition coefficient (Wildman–Crippen LogP) is 4.93. The van der Waals surface area contributed by atoms with E-state index in [-0.39, 0.29) is 12.4 Å². The molecule has 0 saturated carbocycles. The molecule has 1 N–H and O–H groups in total. The van der Waals surface area contributed by atoms with Crippen LogP contribution in [0.5, 0.6) is 5.75 Å². The molecule has 6 nitrogen and oxygen atoms in total. The van der Waals surface area contributed by atoms with Gasteiger partial charge in [0.2, 0.25) is 0 Å². The first kappa shape index (κ1) is 18.6. The van der Waals surface area contributed by atoms with Crippen LogP contribution >= 0.6 is 0 Å². The molecule has 1 amide bonds. The molecule has 4 rings (SSSR count). The summed E-state index contributed by atoms with van der Waals surface area (Å²) in [4.78, 5) is 12.3. The Morgan fingerprint density at radius 2 is 1.83 bits per heavy atom. The Bertz CT molecular complexity index is 1140. The molecule has 2 aromatic heterocycles. The molecule has 0 aliphatic carbocycles. The van der Waals surface area contributed by atoms with Gasteiger partial charge in [-0.25, -0.2) is 5.43 Å². The number of rotatable bonds is 7. The lowest BCUT2D eigenvalue weighted by Gasteiger charge is -2.03. The fourth-order valence-corrected chi connectivity index (χ4v) is 2.98. The van der Waals surface area contributed by atoms with Crippen molar-refractivity contribution in [2.24, 2.45) is 5.10 Å². The number of hydrogen-bond donors (Lipinski definition) is 1. The SMILES string of the molecule is CCc1oc2ccccc2c1/C=N\NC(=O)c1ccc(COc2ccccc2)o1. The quantitative estimate of drug-likeness (QED) is 0.360. The van der Waals surface area contributed by atoms with E-state index in [1.807, 2.05) is 61.5 Å². The third-order valence-corrected chi connectivity index (χ3v) is 4.40. The second-order valence-corrected chi connectivity index (χ2v) is 6.36. The van der Waals surface area contributed by atoms with Crippen molar-refractivity contribution in [1.29, 1.82) is 0 Å². The van der Waals surface area contributed by atoms with Crippen LogP contribution in [0.4, 0.5) is 0 Å². The molecule has 0 spiro atoms. The normalized spacial score (nSPS) is 11.2. The first-order valence-electron chi connectivity index (χ1n) is 9.35. The van der Waals surface area contributed by atoms with E-state index in [1.165, 1.54) is 0 Å². The molecule has 0 saturated heterocycles. The highest BCUT2D eigenvalue weighted by molar-refractivity contribution is 6.00. The summed E-state index contributed by atoms with van der Waals surface area (Å²) >= 11 is 0. The van der Waals surface area contributed by atoms with Gasteiger partial charge in [-0.2, -0.15) is 5.10 Å². The third-order valence-electron chi connectivity index (χ3n) is 4.40. The van der Waals surface area contributed by atoms with E-state index >= 15 is 0 Å². The summed E-state index contributed by atoms with van der Waals surface area (Å²) in [6, 6.07) is 20.4. The highest BCUT2D eigenvalue weighted by Crippen LogP contribution is 2.24. The lowest BCUT2D eigenvalue weighted by molar-refractivity contribution is 0.0923. The number of nitrogens with zero attached hydrogens (tertiary/aromatic N) is 1. The van der Waals surface area contributed by atoms with Gasteiger partial charge in [-0.3, -0.25) is 4.79 Å². The van der Waals surface area contributed by atoms with Gasteiger partial charge in [0.1, 0.15) is 29.5 Å². The number of ether oxygens (including phenoxy) is 1. The van der Waals surface area contributed by atoms with Crippen LogP contribution in [0.25, 0.3) is 11.0 Å². The van der Waals surface area contributed by atoms with Crippen LogP contribution in [-0.4, -0.2) is 12.1 Å². The minimum absolute atomic E-state index is 0.168. The van der Waals surface area contributed by atoms with Crippen LogP contribution in [0.1, 0.15) is 34.6 Å². The Hall–Kier alpha value is -3.80. The smallest absolute Gasteiger partial charge is 0.307 e. The summed E-state index contributed by atoms with van der Waals surface area (Å²) < 4.78 is 17.0. The zero-order valence-corrected chi connectivity index (χ0v) is 15.9. The highest BCUT2D eigenvalue weighted by atomic mass is 16.5. The topological polar surface area (TPSA) is 77.0 Å². The van der Waals surface area contributed by atoms with Crippen LogP contribution in [0.3, 0.4) is 0 Å². The van der Waals surface area contributed by atoms with Crippen LogP contribution in [0, 0.1) is 0 Å². The molecule has 2 aromatic carbocycles. The lowest BCUT2D eigenvalue weighted by atomic mass is 10.1. The molecule has 146 valence electrons. The van der Waals surface area contributed by atoms with Crippen LogP contribution < -0.4 is 10.2 Å². The number of para-hydroxylation sites is 2. The Morgan fingerprint density at radius 1 is 1.03 bits per heavy atom. The number of benzene rings is 2. The van der Waals surface area contributed by atoms with Gasteiger partial charge in [0.15, 0.2) is 5.76 Å². The van der Waals surface area contributed by atoms with Gasteiger partial charge >= 0.3 is 5.91 Å². The number of hydrogen-bond acceptors (Lipinski definition) is 5. The van der Waals surface area contributed by atoms with Crippen LogP contribution in [0.15, 0.2) is 80.7 Å². The summed E-state index contributed by atoms with van der Waals surface area (Å²) in [5, 5.41) is 5.03. The van der Waals surface area contributed by atoms with Gasteiger partial charge in [-0.1, -0.05) is 43.3 Å². The van der Waals surface area contributed by atoms with E-state index in [9.17, 15) is 4.79 Å². The maximum atomic E-state index is 12.3. The first-order chi connectivity index (χ1) is 14.2. The van der Waals surface area contributed by atoms with Crippen molar-refractivity contribution in [2.75, 3.05) is 0 Å². The van der Waals surface area contributed by atoms with E-state index in [4.69, 9.17) is 13.6 Å². The Morgan fingerprint density at radius 3 is 2.66 bits per heavy atom. The number of amides is 1. The van der Waals surface area contributed by atoms with Crippen molar-refractivity contribution in [1.82, 2.24) is 5.43 Å². The van der Waals surface area contributed by atoms with Crippen LogP contribution in [0.2, 0.25) is 0 Å². The van der Waals surface area contributed by atoms with Crippen molar-refractivity contribution in [2.45, 2.75) is 20.0 Å². The molecular weight excluding hydrogens is 368 g/mol. The molecule has 0 aliphatic heterocycles. The average molecular weight is 388 g/mol. The van der Waals surface area contributed by atoms with Crippen molar-refractivity contribution < 1.29 is 18.4 Å². The zero-order chi connectivity index (χ0) is 20.1. The Kier molecular flexibility index (Phi) is 5.42. The Balaban J connectivity index is 1.40. The standard InChI is InChI=1S/C23H20N2O4/c1-2-20-19(18-10-6-7-11-21(18)29-20)14-24-25-23(26)22-13-12-17(28-22)15-27-16-8-4-3-5-9-16/h3-14H,2,15H2,1H3,(H,25,26)/b24-14-. The number of carbonyl (C=O) groups is 1. The molecule has 0 aliphatic rings. The minimum atomic E-state index is -0.432. The second-order valence-electron chi connectivity index (χ2n) is 6.36.